The summed E-state index contributed by atoms with van der Waals surface area (Å²) < 4.78 is 15.9. The van der Waals surface area contributed by atoms with Gasteiger partial charge >= 0.3 is 5.97 Å². The zero-order valence-electron chi connectivity index (χ0n) is 12.9. The number of phenols is 1. The molecule has 122 valence electrons. The van der Waals surface area contributed by atoms with E-state index in [4.69, 9.17) is 14.2 Å². The lowest BCUT2D eigenvalue weighted by Crippen LogP contribution is -2.21. The fourth-order valence-corrected chi connectivity index (χ4v) is 3.15. The van der Waals surface area contributed by atoms with Gasteiger partial charge in [-0.2, -0.15) is 0 Å². The summed E-state index contributed by atoms with van der Waals surface area (Å²) in [4.78, 5) is 23.7. The first kappa shape index (κ1) is 14.6. The van der Waals surface area contributed by atoms with Crippen LogP contribution in [0.3, 0.4) is 0 Å². The number of rotatable bonds is 2. The van der Waals surface area contributed by atoms with Gasteiger partial charge in [0.05, 0.1) is 12.0 Å². The molecule has 0 aromatic heterocycles. The van der Waals surface area contributed by atoms with E-state index in [2.05, 4.69) is 0 Å². The van der Waals surface area contributed by atoms with Gasteiger partial charge < -0.3 is 19.3 Å². The third kappa shape index (κ3) is 2.19. The molecule has 0 bridgehead atoms. The highest BCUT2D eigenvalue weighted by atomic mass is 16.7. The molecular weight excluding hydrogens is 312 g/mol. The Morgan fingerprint density at radius 1 is 1.12 bits per heavy atom. The Bertz CT molecular complexity index is 870. The minimum absolute atomic E-state index is 0.0710. The van der Waals surface area contributed by atoms with E-state index < -0.39 is 5.92 Å². The molecule has 0 fully saturated rings. The molecule has 1 N–H and O–H groups in total. The predicted molar refractivity (Wildman–Crippen MR) is 82.8 cm³/mol. The molecule has 6 nitrogen and oxygen atoms in total. The van der Waals surface area contributed by atoms with Crippen LogP contribution in [0, 0.1) is 0 Å². The molecule has 2 aliphatic heterocycles. The SMILES string of the molecule is CC(=O)c1ccc2c(c1O)[C@@H](c1ccc3c(c1)OCO3)CC(=O)O2. The molecule has 2 aliphatic rings. The second kappa shape index (κ2) is 5.26. The fraction of sp³-hybridized carbons (Fsp3) is 0.222. The third-order valence-corrected chi connectivity index (χ3v) is 4.30. The number of Topliss-reactive ketones (excluding diaryl/α,β-unsaturated/α-hetero) is 1. The maximum Gasteiger partial charge on any atom is 0.312 e. The summed E-state index contributed by atoms with van der Waals surface area (Å²) in [5.74, 6) is 0.299. The van der Waals surface area contributed by atoms with Crippen LogP contribution in [0.25, 0.3) is 0 Å². The Balaban J connectivity index is 1.87. The van der Waals surface area contributed by atoms with Crippen LogP contribution < -0.4 is 14.2 Å². The lowest BCUT2D eigenvalue weighted by atomic mass is 9.84. The molecule has 1 atom stereocenters. The van der Waals surface area contributed by atoms with Crippen molar-refractivity contribution >= 4 is 11.8 Å². The molecule has 0 spiro atoms. The van der Waals surface area contributed by atoms with E-state index in [0.717, 1.165) is 5.56 Å². The first-order valence-electron chi connectivity index (χ1n) is 7.51. The smallest absolute Gasteiger partial charge is 0.312 e. The zero-order valence-corrected chi connectivity index (χ0v) is 12.9. The highest BCUT2D eigenvalue weighted by Gasteiger charge is 2.33. The number of esters is 1. The van der Waals surface area contributed by atoms with Gasteiger partial charge in [0.1, 0.15) is 11.5 Å². The molecule has 0 amide bonds. The Morgan fingerprint density at radius 3 is 2.67 bits per heavy atom. The second-order valence-corrected chi connectivity index (χ2v) is 5.77. The molecule has 2 aromatic rings. The lowest BCUT2D eigenvalue weighted by Gasteiger charge is -2.26. The standard InChI is InChI=1S/C18H14O6/c1-9(19)11-3-5-14-17(18(11)21)12(7-16(20)24-14)10-2-4-13-15(6-10)23-8-22-13/h2-6,12,21H,7-8H2,1H3/t12-/m1/s1. The van der Waals surface area contributed by atoms with Crippen LogP contribution in [0.4, 0.5) is 0 Å². The largest absolute Gasteiger partial charge is 0.507 e. The van der Waals surface area contributed by atoms with Gasteiger partial charge in [0.15, 0.2) is 17.3 Å². The van der Waals surface area contributed by atoms with Crippen molar-refractivity contribution in [1.82, 2.24) is 0 Å². The minimum Gasteiger partial charge on any atom is -0.507 e. The van der Waals surface area contributed by atoms with Gasteiger partial charge in [0.2, 0.25) is 6.79 Å². The monoisotopic (exact) mass is 326 g/mol. The number of hydrogen-bond acceptors (Lipinski definition) is 6. The van der Waals surface area contributed by atoms with E-state index >= 15 is 0 Å². The van der Waals surface area contributed by atoms with Gasteiger partial charge in [0.25, 0.3) is 0 Å². The Morgan fingerprint density at radius 2 is 1.88 bits per heavy atom. The molecule has 6 heteroatoms. The zero-order chi connectivity index (χ0) is 16.8. The highest BCUT2D eigenvalue weighted by Crippen LogP contribution is 2.47. The van der Waals surface area contributed by atoms with Crippen LogP contribution in [0.15, 0.2) is 30.3 Å². The number of fused-ring (bicyclic) bond motifs is 2. The van der Waals surface area contributed by atoms with Crippen molar-refractivity contribution in [2.24, 2.45) is 0 Å². The summed E-state index contributed by atoms with van der Waals surface area (Å²) in [6.07, 6.45) is 0.0710. The quantitative estimate of drug-likeness (QED) is 0.519. The van der Waals surface area contributed by atoms with Crippen molar-refractivity contribution in [3.05, 3.63) is 47.0 Å². The summed E-state index contributed by atoms with van der Waals surface area (Å²) in [6, 6.07) is 8.38. The second-order valence-electron chi connectivity index (χ2n) is 5.77. The number of ketones is 1. The summed E-state index contributed by atoms with van der Waals surface area (Å²) >= 11 is 0. The van der Waals surface area contributed by atoms with Crippen LogP contribution in [0.1, 0.15) is 40.7 Å². The van der Waals surface area contributed by atoms with Crippen LogP contribution >= 0.6 is 0 Å². The van der Waals surface area contributed by atoms with E-state index in [9.17, 15) is 14.7 Å². The molecule has 0 saturated heterocycles. The highest BCUT2D eigenvalue weighted by molar-refractivity contribution is 5.98. The average Bonchev–Trinajstić information content (AvgIpc) is 3.01. The topological polar surface area (TPSA) is 82.1 Å². The molecule has 0 unspecified atom stereocenters. The van der Waals surface area contributed by atoms with Gasteiger partial charge in [0, 0.05) is 11.5 Å². The normalized spacial score (nSPS) is 18.0. The van der Waals surface area contributed by atoms with E-state index in [1.54, 1.807) is 18.2 Å². The first-order valence-corrected chi connectivity index (χ1v) is 7.51. The Hall–Kier alpha value is -3.02. The van der Waals surface area contributed by atoms with E-state index in [-0.39, 0.29) is 42.0 Å². The van der Waals surface area contributed by atoms with E-state index in [1.165, 1.54) is 13.0 Å². The van der Waals surface area contributed by atoms with Crippen LogP contribution in [0.5, 0.6) is 23.0 Å². The van der Waals surface area contributed by atoms with Crippen molar-refractivity contribution in [2.45, 2.75) is 19.3 Å². The summed E-state index contributed by atoms with van der Waals surface area (Å²) in [6.45, 7) is 1.54. The fourth-order valence-electron chi connectivity index (χ4n) is 3.15. The average molecular weight is 326 g/mol. The molecule has 2 aromatic carbocycles. The summed E-state index contributed by atoms with van der Waals surface area (Å²) in [5, 5.41) is 10.5. The number of aromatic hydroxyl groups is 1. The molecule has 0 saturated carbocycles. The number of carbonyl (C=O) groups is 2. The van der Waals surface area contributed by atoms with Crippen molar-refractivity contribution in [3.63, 3.8) is 0 Å². The van der Waals surface area contributed by atoms with Gasteiger partial charge in [-0.3, -0.25) is 9.59 Å². The first-order chi connectivity index (χ1) is 11.5. The van der Waals surface area contributed by atoms with Crippen molar-refractivity contribution in [1.29, 1.82) is 0 Å². The van der Waals surface area contributed by atoms with Crippen LogP contribution in [-0.2, 0) is 4.79 Å². The number of carbonyl (C=O) groups excluding carboxylic acids is 2. The maximum absolute atomic E-state index is 11.9. The molecule has 2 heterocycles. The van der Waals surface area contributed by atoms with E-state index in [1.807, 2.05) is 6.07 Å². The summed E-state index contributed by atoms with van der Waals surface area (Å²) in [7, 11) is 0. The van der Waals surface area contributed by atoms with Crippen molar-refractivity contribution < 1.29 is 28.9 Å². The predicted octanol–water partition coefficient (Wildman–Crippen LogP) is 2.76. The number of hydrogen-bond donors (Lipinski definition) is 1. The molecule has 24 heavy (non-hydrogen) atoms. The number of ether oxygens (including phenoxy) is 3. The van der Waals surface area contributed by atoms with Gasteiger partial charge in [-0.25, -0.2) is 0 Å². The van der Waals surface area contributed by atoms with Crippen molar-refractivity contribution in [3.8, 4) is 23.0 Å². The number of phenolic OH excluding ortho intramolecular Hbond substituents is 1. The summed E-state index contributed by atoms with van der Waals surface area (Å²) in [5.41, 5.74) is 1.44. The molecular formula is C18H14O6. The van der Waals surface area contributed by atoms with Crippen LogP contribution in [0.2, 0.25) is 0 Å². The molecule has 0 aliphatic carbocycles. The maximum atomic E-state index is 11.9. The third-order valence-electron chi connectivity index (χ3n) is 4.30. The van der Waals surface area contributed by atoms with E-state index in [0.29, 0.717) is 17.1 Å². The number of benzene rings is 2. The Kier molecular flexibility index (Phi) is 3.19. The lowest BCUT2D eigenvalue weighted by molar-refractivity contribution is -0.135. The van der Waals surface area contributed by atoms with Crippen LogP contribution in [-0.4, -0.2) is 23.7 Å². The van der Waals surface area contributed by atoms with Gasteiger partial charge in [-0.15, -0.1) is 0 Å². The van der Waals surface area contributed by atoms with Gasteiger partial charge in [-0.05, 0) is 36.8 Å². The van der Waals surface area contributed by atoms with Gasteiger partial charge in [-0.1, -0.05) is 6.07 Å². The molecule has 0 radical (unpaired) electrons. The van der Waals surface area contributed by atoms with Crippen molar-refractivity contribution in [2.75, 3.05) is 6.79 Å². The Labute approximate surface area is 137 Å². The minimum atomic E-state index is -0.421. The molecule has 4 rings (SSSR count).